The Kier molecular flexibility index (Phi) is 5.46. The summed E-state index contributed by atoms with van der Waals surface area (Å²) in [5, 5.41) is 9.94. The molecule has 0 spiro atoms. The van der Waals surface area contributed by atoms with Crippen LogP contribution in [-0.4, -0.2) is 53.9 Å². The monoisotopic (exact) mass is 359 g/mol. The summed E-state index contributed by atoms with van der Waals surface area (Å²) < 4.78 is 11.4. The minimum atomic E-state index is -0.255. The molecule has 142 valence electrons. The van der Waals surface area contributed by atoms with Crippen molar-refractivity contribution in [1.29, 1.82) is 0 Å². The van der Waals surface area contributed by atoms with E-state index in [2.05, 4.69) is 0 Å². The van der Waals surface area contributed by atoms with Crippen LogP contribution in [-0.2, 0) is 4.74 Å². The molecular weight excluding hydrogens is 330 g/mol. The Labute approximate surface area is 155 Å². The van der Waals surface area contributed by atoms with Crippen molar-refractivity contribution in [2.24, 2.45) is 5.92 Å². The molecule has 3 aliphatic rings. The van der Waals surface area contributed by atoms with Crippen molar-refractivity contribution in [1.82, 2.24) is 4.90 Å². The highest BCUT2D eigenvalue weighted by Gasteiger charge is 2.42. The summed E-state index contributed by atoms with van der Waals surface area (Å²) in [6.45, 7) is 2.38. The van der Waals surface area contributed by atoms with Gasteiger partial charge in [0.25, 0.3) is 5.91 Å². The summed E-state index contributed by atoms with van der Waals surface area (Å²) in [7, 11) is 0. The average molecular weight is 359 g/mol. The number of nitrogens with zero attached hydrogens (tertiary/aromatic N) is 1. The van der Waals surface area contributed by atoms with Gasteiger partial charge in [-0.1, -0.05) is 6.07 Å². The first kappa shape index (κ1) is 17.8. The highest BCUT2D eigenvalue weighted by molar-refractivity contribution is 5.95. The second-order valence-electron chi connectivity index (χ2n) is 7.97. The van der Waals surface area contributed by atoms with Gasteiger partial charge >= 0.3 is 0 Å². The molecule has 3 aliphatic heterocycles. The molecule has 3 saturated heterocycles. The second kappa shape index (κ2) is 7.97. The average Bonchev–Trinajstić information content (AvgIpc) is 2.93. The summed E-state index contributed by atoms with van der Waals surface area (Å²) in [5.41, 5.74) is 0.691. The van der Waals surface area contributed by atoms with E-state index in [0.717, 1.165) is 44.6 Å². The lowest BCUT2D eigenvalue weighted by atomic mass is 9.98. The zero-order valence-electron chi connectivity index (χ0n) is 15.3. The third kappa shape index (κ3) is 3.89. The highest BCUT2D eigenvalue weighted by Crippen LogP contribution is 2.37. The van der Waals surface area contributed by atoms with Crippen LogP contribution in [0.5, 0.6) is 5.75 Å². The molecule has 2 bridgehead atoms. The van der Waals surface area contributed by atoms with Gasteiger partial charge in [-0.3, -0.25) is 4.79 Å². The maximum Gasteiger partial charge on any atom is 0.254 e. The zero-order chi connectivity index (χ0) is 17.9. The first-order chi connectivity index (χ1) is 12.7. The van der Waals surface area contributed by atoms with Crippen molar-refractivity contribution in [2.45, 2.75) is 63.1 Å². The van der Waals surface area contributed by atoms with Gasteiger partial charge in [-0.15, -0.1) is 0 Å². The van der Waals surface area contributed by atoms with E-state index in [4.69, 9.17) is 9.47 Å². The molecule has 3 heterocycles. The third-order valence-corrected chi connectivity index (χ3v) is 6.07. The lowest BCUT2D eigenvalue weighted by Gasteiger charge is -2.37. The van der Waals surface area contributed by atoms with E-state index in [1.54, 1.807) is 0 Å². The number of piperidine rings is 1. The molecule has 1 aromatic rings. The maximum atomic E-state index is 13.0. The number of aliphatic hydroxyl groups excluding tert-OH is 1. The van der Waals surface area contributed by atoms with E-state index in [0.29, 0.717) is 30.9 Å². The van der Waals surface area contributed by atoms with Crippen LogP contribution in [0.15, 0.2) is 24.3 Å². The molecule has 0 aromatic heterocycles. The smallest absolute Gasteiger partial charge is 0.254 e. The van der Waals surface area contributed by atoms with E-state index in [1.165, 1.54) is 6.42 Å². The van der Waals surface area contributed by atoms with Crippen molar-refractivity contribution in [3.8, 4) is 5.75 Å². The standard InChI is InChI=1S/C21H29NO4/c23-19-12-17-6-7-18(13-19)22(17)21(24)16-4-1-5-20(11-16)26-10-8-15-3-2-9-25-14-15/h1,4-5,11,15,17-19,23H,2-3,6-10,12-14H2. The number of rotatable bonds is 5. The first-order valence-electron chi connectivity index (χ1n) is 10.0. The molecule has 0 saturated carbocycles. The van der Waals surface area contributed by atoms with Crippen LogP contribution in [0, 0.1) is 5.92 Å². The number of carbonyl (C=O) groups is 1. The van der Waals surface area contributed by atoms with Gasteiger partial charge in [0.15, 0.2) is 0 Å². The lowest BCUT2D eigenvalue weighted by molar-refractivity contribution is 0.0286. The largest absolute Gasteiger partial charge is 0.494 e. The quantitative estimate of drug-likeness (QED) is 0.878. The third-order valence-electron chi connectivity index (χ3n) is 6.07. The van der Waals surface area contributed by atoms with Crippen LogP contribution in [0.2, 0.25) is 0 Å². The molecule has 1 amide bonds. The van der Waals surface area contributed by atoms with E-state index in [1.807, 2.05) is 29.2 Å². The van der Waals surface area contributed by atoms with Gasteiger partial charge in [-0.25, -0.2) is 0 Å². The molecule has 5 heteroatoms. The number of aliphatic hydroxyl groups is 1. The normalized spacial score (nSPS) is 31.0. The fourth-order valence-electron chi connectivity index (χ4n) is 4.73. The molecule has 0 radical (unpaired) electrons. The van der Waals surface area contributed by atoms with E-state index in [-0.39, 0.29) is 24.1 Å². The van der Waals surface area contributed by atoms with E-state index < -0.39 is 0 Å². The van der Waals surface area contributed by atoms with Crippen LogP contribution in [0.4, 0.5) is 0 Å². The topological polar surface area (TPSA) is 59.0 Å². The summed E-state index contributed by atoms with van der Waals surface area (Å²) in [5.74, 6) is 1.43. The Balaban J connectivity index is 1.35. The predicted molar refractivity (Wildman–Crippen MR) is 98.3 cm³/mol. The maximum absolute atomic E-state index is 13.0. The van der Waals surface area contributed by atoms with Gasteiger partial charge in [0.05, 0.1) is 12.7 Å². The molecule has 3 fully saturated rings. The van der Waals surface area contributed by atoms with Crippen LogP contribution >= 0.6 is 0 Å². The van der Waals surface area contributed by atoms with Crippen molar-refractivity contribution >= 4 is 5.91 Å². The number of ether oxygens (including phenoxy) is 2. The summed E-state index contributed by atoms with van der Waals surface area (Å²) in [6, 6.07) is 7.92. The van der Waals surface area contributed by atoms with Crippen LogP contribution in [0.3, 0.4) is 0 Å². The Morgan fingerprint density at radius 2 is 2.04 bits per heavy atom. The van der Waals surface area contributed by atoms with E-state index >= 15 is 0 Å². The fraction of sp³-hybridized carbons (Fsp3) is 0.667. The van der Waals surface area contributed by atoms with Gasteiger partial charge in [-0.05, 0) is 69.1 Å². The van der Waals surface area contributed by atoms with Crippen LogP contribution in [0.1, 0.15) is 55.3 Å². The number of benzene rings is 1. The number of hydrogen-bond acceptors (Lipinski definition) is 4. The van der Waals surface area contributed by atoms with Crippen LogP contribution in [0.25, 0.3) is 0 Å². The Morgan fingerprint density at radius 3 is 2.77 bits per heavy atom. The summed E-state index contributed by atoms with van der Waals surface area (Å²) >= 11 is 0. The molecule has 3 atom stereocenters. The van der Waals surface area contributed by atoms with Gasteiger partial charge in [0.2, 0.25) is 0 Å². The minimum Gasteiger partial charge on any atom is -0.494 e. The van der Waals surface area contributed by atoms with Crippen molar-refractivity contribution < 1.29 is 19.4 Å². The molecule has 0 aliphatic carbocycles. The van der Waals surface area contributed by atoms with E-state index in [9.17, 15) is 9.90 Å². The molecule has 5 nitrogen and oxygen atoms in total. The molecule has 4 rings (SSSR count). The summed E-state index contributed by atoms with van der Waals surface area (Å²) in [4.78, 5) is 15.0. The van der Waals surface area contributed by atoms with Crippen molar-refractivity contribution in [2.75, 3.05) is 19.8 Å². The Morgan fingerprint density at radius 1 is 1.23 bits per heavy atom. The van der Waals surface area contributed by atoms with Gasteiger partial charge in [-0.2, -0.15) is 0 Å². The number of fused-ring (bicyclic) bond motifs is 2. The van der Waals surface area contributed by atoms with Crippen molar-refractivity contribution in [3.63, 3.8) is 0 Å². The highest BCUT2D eigenvalue weighted by atomic mass is 16.5. The molecule has 1 N–H and O–H groups in total. The van der Waals surface area contributed by atoms with Gasteiger partial charge < -0.3 is 19.5 Å². The minimum absolute atomic E-state index is 0.0792. The summed E-state index contributed by atoms with van der Waals surface area (Å²) in [6.07, 6.45) is 6.53. The molecular formula is C21H29NO4. The number of amides is 1. The Hall–Kier alpha value is -1.59. The molecule has 3 unspecified atom stereocenters. The predicted octanol–water partition coefficient (Wildman–Crippen LogP) is 3.01. The van der Waals surface area contributed by atoms with Crippen LogP contribution < -0.4 is 4.74 Å². The second-order valence-corrected chi connectivity index (χ2v) is 7.97. The fourth-order valence-corrected chi connectivity index (χ4v) is 4.73. The first-order valence-corrected chi connectivity index (χ1v) is 10.0. The van der Waals surface area contributed by atoms with Crippen molar-refractivity contribution in [3.05, 3.63) is 29.8 Å². The zero-order valence-corrected chi connectivity index (χ0v) is 15.3. The molecule has 1 aromatic carbocycles. The van der Waals surface area contributed by atoms with Gasteiger partial charge in [0, 0.05) is 30.9 Å². The molecule has 26 heavy (non-hydrogen) atoms. The van der Waals surface area contributed by atoms with Gasteiger partial charge in [0.1, 0.15) is 5.75 Å². The Bertz CT molecular complexity index is 614. The number of hydrogen-bond donors (Lipinski definition) is 1. The number of carbonyl (C=O) groups excluding carboxylic acids is 1. The SMILES string of the molecule is O=C(c1cccc(OCCC2CCCOC2)c1)N1C2CCC1CC(O)C2. The lowest BCUT2D eigenvalue weighted by Crippen LogP contribution is -2.48.